The molecule has 0 unspecified atom stereocenters. The molecule has 0 heterocycles. The second-order valence-electron chi connectivity index (χ2n) is 3.44. The minimum atomic E-state index is -0.880. The number of methoxy groups -OCH3 is 1. The quantitative estimate of drug-likeness (QED) is 0.603. The van der Waals surface area contributed by atoms with Gasteiger partial charge in [0.1, 0.15) is 5.67 Å². The van der Waals surface area contributed by atoms with Crippen LogP contribution in [0.15, 0.2) is 0 Å². The summed E-state index contributed by atoms with van der Waals surface area (Å²) >= 11 is 0. The SMILES string of the molecule is CCC1(F)CCC(OC)CC1. The fourth-order valence-electron chi connectivity index (χ4n) is 1.70. The van der Waals surface area contributed by atoms with Crippen molar-refractivity contribution in [3.05, 3.63) is 0 Å². The van der Waals surface area contributed by atoms with Crippen molar-refractivity contribution in [2.24, 2.45) is 0 Å². The van der Waals surface area contributed by atoms with Gasteiger partial charge in [0.2, 0.25) is 0 Å². The maximum absolute atomic E-state index is 13.6. The average molecular weight is 160 g/mol. The van der Waals surface area contributed by atoms with E-state index >= 15 is 0 Å². The Labute approximate surface area is 67.9 Å². The Morgan fingerprint density at radius 3 is 2.36 bits per heavy atom. The summed E-state index contributed by atoms with van der Waals surface area (Å²) < 4.78 is 18.7. The molecule has 1 rings (SSSR count). The summed E-state index contributed by atoms with van der Waals surface area (Å²) in [6.45, 7) is 1.92. The first-order valence-corrected chi connectivity index (χ1v) is 4.42. The summed E-state index contributed by atoms with van der Waals surface area (Å²) in [6, 6.07) is 0. The van der Waals surface area contributed by atoms with Gasteiger partial charge in [-0.3, -0.25) is 0 Å². The van der Waals surface area contributed by atoms with Crippen molar-refractivity contribution in [3.8, 4) is 0 Å². The zero-order chi connectivity index (χ0) is 8.32. The van der Waals surface area contributed by atoms with E-state index in [2.05, 4.69) is 0 Å². The van der Waals surface area contributed by atoms with E-state index in [1.54, 1.807) is 7.11 Å². The molecule has 1 aliphatic rings. The maximum Gasteiger partial charge on any atom is 0.111 e. The highest BCUT2D eigenvalue weighted by molar-refractivity contribution is 4.84. The molecular formula is C9H17FO. The summed E-state index contributed by atoms with van der Waals surface area (Å²) in [5, 5.41) is 0. The predicted molar refractivity (Wildman–Crippen MR) is 43.4 cm³/mol. The summed E-state index contributed by atoms with van der Waals surface area (Å²) in [7, 11) is 1.71. The van der Waals surface area contributed by atoms with E-state index in [1.807, 2.05) is 6.92 Å². The van der Waals surface area contributed by atoms with Gasteiger partial charge in [-0.1, -0.05) is 6.92 Å². The normalized spacial score (nSPS) is 39.0. The Morgan fingerprint density at radius 2 is 2.00 bits per heavy atom. The maximum atomic E-state index is 13.6. The third-order valence-corrected chi connectivity index (χ3v) is 2.80. The number of alkyl halides is 1. The van der Waals surface area contributed by atoms with Crippen molar-refractivity contribution in [1.29, 1.82) is 0 Å². The largest absolute Gasteiger partial charge is 0.381 e. The van der Waals surface area contributed by atoms with Gasteiger partial charge in [-0.25, -0.2) is 4.39 Å². The molecule has 0 aromatic carbocycles. The smallest absolute Gasteiger partial charge is 0.111 e. The Hall–Kier alpha value is -0.110. The van der Waals surface area contributed by atoms with E-state index in [-0.39, 0.29) is 0 Å². The lowest BCUT2D eigenvalue weighted by atomic mass is 9.83. The third kappa shape index (κ3) is 2.16. The van der Waals surface area contributed by atoms with Crippen molar-refractivity contribution in [2.75, 3.05) is 7.11 Å². The molecule has 0 atom stereocenters. The summed E-state index contributed by atoms with van der Waals surface area (Å²) in [4.78, 5) is 0. The van der Waals surface area contributed by atoms with E-state index < -0.39 is 5.67 Å². The van der Waals surface area contributed by atoms with E-state index in [9.17, 15) is 4.39 Å². The first-order chi connectivity index (χ1) is 5.20. The lowest BCUT2D eigenvalue weighted by Crippen LogP contribution is -2.31. The van der Waals surface area contributed by atoms with Crippen LogP contribution in [0.3, 0.4) is 0 Å². The van der Waals surface area contributed by atoms with Crippen LogP contribution in [0.5, 0.6) is 0 Å². The van der Waals surface area contributed by atoms with Crippen molar-refractivity contribution in [3.63, 3.8) is 0 Å². The molecule has 1 saturated carbocycles. The highest BCUT2D eigenvalue weighted by Gasteiger charge is 2.33. The first-order valence-electron chi connectivity index (χ1n) is 4.42. The molecule has 0 N–H and O–H groups in total. The number of rotatable bonds is 2. The van der Waals surface area contributed by atoms with Gasteiger partial charge in [0.05, 0.1) is 6.10 Å². The topological polar surface area (TPSA) is 9.23 Å². The summed E-state index contributed by atoms with van der Waals surface area (Å²) in [5.41, 5.74) is -0.880. The van der Waals surface area contributed by atoms with E-state index in [4.69, 9.17) is 4.74 Å². The molecule has 2 heteroatoms. The molecule has 1 fully saturated rings. The van der Waals surface area contributed by atoms with Crippen LogP contribution in [0.25, 0.3) is 0 Å². The molecule has 0 aromatic heterocycles. The lowest BCUT2D eigenvalue weighted by molar-refractivity contribution is 0.00629. The third-order valence-electron chi connectivity index (χ3n) is 2.80. The van der Waals surface area contributed by atoms with Crippen molar-refractivity contribution < 1.29 is 9.13 Å². The van der Waals surface area contributed by atoms with Gasteiger partial charge in [0, 0.05) is 7.11 Å². The zero-order valence-corrected chi connectivity index (χ0v) is 7.40. The molecule has 1 nitrogen and oxygen atoms in total. The van der Waals surface area contributed by atoms with Crippen LogP contribution in [0.4, 0.5) is 4.39 Å². The number of hydrogen-bond donors (Lipinski definition) is 0. The average Bonchev–Trinajstić information content (AvgIpc) is 2.06. The number of ether oxygens (including phenoxy) is 1. The second kappa shape index (κ2) is 3.53. The molecule has 0 aromatic rings. The van der Waals surface area contributed by atoms with Crippen LogP contribution in [0.2, 0.25) is 0 Å². The van der Waals surface area contributed by atoms with Gasteiger partial charge < -0.3 is 4.74 Å². The number of hydrogen-bond acceptors (Lipinski definition) is 1. The second-order valence-corrected chi connectivity index (χ2v) is 3.44. The van der Waals surface area contributed by atoms with Gasteiger partial charge in [0.15, 0.2) is 0 Å². The summed E-state index contributed by atoms with van der Waals surface area (Å²) in [6.07, 6.45) is 4.11. The number of halogens is 1. The van der Waals surface area contributed by atoms with Crippen molar-refractivity contribution >= 4 is 0 Å². The Morgan fingerprint density at radius 1 is 1.45 bits per heavy atom. The van der Waals surface area contributed by atoms with Crippen LogP contribution in [0.1, 0.15) is 39.0 Å². The van der Waals surface area contributed by atoms with Crippen LogP contribution in [0, 0.1) is 0 Å². The minimum Gasteiger partial charge on any atom is -0.381 e. The Balaban J connectivity index is 2.35. The first kappa shape index (κ1) is 8.98. The Kier molecular flexibility index (Phi) is 2.88. The van der Waals surface area contributed by atoms with Crippen molar-refractivity contribution in [2.45, 2.75) is 50.8 Å². The fourth-order valence-corrected chi connectivity index (χ4v) is 1.70. The molecule has 1 aliphatic carbocycles. The zero-order valence-electron chi connectivity index (χ0n) is 7.40. The van der Waals surface area contributed by atoms with Gasteiger partial charge >= 0.3 is 0 Å². The van der Waals surface area contributed by atoms with E-state index in [0.29, 0.717) is 25.4 Å². The van der Waals surface area contributed by atoms with E-state index in [0.717, 1.165) is 12.8 Å². The monoisotopic (exact) mass is 160 g/mol. The molecule has 0 aliphatic heterocycles. The Bertz CT molecular complexity index is 117. The fraction of sp³-hybridized carbons (Fsp3) is 1.00. The molecular weight excluding hydrogens is 143 g/mol. The molecule has 0 amide bonds. The molecule has 66 valence electrons. The van der Waals surface area contributed by atoms with Gasteiger partial charge in [-0.15, -0.1) is 0 Å². The van der Waals surface area contributed by atoms with Crippen LogP contribution < -0.4 is 0 Å². The molecule has 0 spiro atoms. The summed E-state index contributed by atoms with van der Waals surface area (Å²) in [5.74, 6) is 0. The molecule has 0 saturated heterocycles. The highest BCUT2D eigenvalue weighted by Crippen LogP contribution is 2.35. The van der Waals surface area contributed by atoms with E-state index in [1.165, 1.54) is 0 Å². The predicted octanol–water partition coefficient (Wildman–Crippen LogP) is 2.69. The molecule has 0 radical (unpaired) electrons. The van der Waals surface area contributed by atoms with Crippen LogP contribution in [-0.4, -0.2) is 18.9 Å². The van der Waals surface area contributed by atoms with Gasteiger partial charge in [-0.2, -0.15) is 0 Å². The highest BCUT2D eigenvalue weighted by atomic mass is 19.1. The molecule has 11 heavy (non-hydrogen) atoms. The molecule has 0 bridgehead atoms. The van der Waals surface area contributed by atoms with Gasteiger partial charge in [-0.05, 0) is 32.1 Å². The van der Waals surface area contributed by atoms with Crippen LogP contribution >= 0.6 is 0 Å². The standard InChI is InChI=1S/C9H17FO/c1-3-9(10)6-4-8(11-2)5-7-9/h8H,3-7H2,1-2H3. The van der Waals surface area contributed by atoms with Gasteiger partial charge in [0.25, 0.3) is 0 Å². The van der Waals surface area contributed by atoms with Crippen molar-refractivity contribution in [1.82, 2.24) is 0 Å². The lowest BCUT2D eigenvalue weighted by Gasteiger charge is -2.32. The van der Waals surface area contributed by atoms with Crippen LogP contribution in [-0.2, 0) is 4.74 Å². The minimum absolute atomic E-state index is 0.311.